The van der Waals surface area contributed by atoms with Crippen molar-refractivity contribution < 1.29 is 23.9 Å². The number of methoxy groups -OCH3 is 1. The van der Waals surface area contributed by atoms with E-state index in [0.29, 0.717) is 30.1 Å². The molecule has 3 rings (SSSR count). The van der Waals surface area contributed by atoms with Crippen LogP contribution in [0.15, 0.2) is 18.2 Å². The summed E-state index contributed by atoms with van der Waals surface area (Å²) in [7, 11) is 1.54. The second-order valence-electron chi connectivity index (χ2n) is 6.63. The lowest BCUT2D eigenvalue weighted by molar-refractivity contribution is -0.138. The molecule has 0 bridgehead atoms. The molecule has 1 N–H and O–H groups in total. The number of anilines is 2. The van der Waals surface area contributed by atoms with Gasteiger partial charge in [-0.2, -0.15) is 0 Å². The van der Waals surface area contributed by atoms with E-state index in [-0.39, 0.29) is 49.4 Å². The van der Waals surface area contributed by atoms with Crippen molar-refractivity contribution in [3.8, 4) is 5.75 Å². The van der Waals surface area contributed by atoms with Crippen molar-refractivity contribution in [1.29, 1.82) is 0 Å². The maximum absolute atomic E-state index is 12.2. The molecule has 0 aromatic heterocycles. The highest BCUT2D eigenvalue weighted by Crippen LogP contribution is 2.33. The molecule has 2 fully saturated rings. The third-order valence-corrected chi connectivity index (χ3v) is 4.79. The number of amides is 4. The smallest absolute Gasteiger partial charge is 0.229 e. The summed E-state index contributed by atoms with van der Waals surface area (Å²) in [6.07, 6.45) is 2.75. The molecule has 1 aromatic carbocycles. The van der Waals surface area contributed by atoms with Gasteiger partial charge in [-0.1, -0.05) is 0 Å². The fourth-order valence-corrected chi connectivity index (χ4v) is 3.35. The largest absolute Gasteiger partial charge is 0.495 e. The van der Waals surface area contributed by atoms with Gasteiger partial charge in [0.05, 0.1) is 12.8 Å². The Kier molecular flexibility index (Phi) is 5.73. The van der Waals surface area contributed by atoms with Gasteiger partial charge in [0, 0.05) is 44.5 Å². The molecule has 2 aliphatic heterocycles. The molecule has 0 saturated carbocycles. The quantitative estimate of drug-likeness (QED) is 0.766. The molecule has 0 spiro atoms. The molecule has 1 aromatic rings. The molecule has 0 unspecified atom stereocenters. The zero-order valence-corrected chi connectivity index (χ0v) is 15.3. The lowest BCUT2D eigenvalue weighted by Crippen LogP contribution is -2.35. The van der Waals surface area contributed by atoms with Gasteiger partial charge in [0.15, 0.2) is 0 Å². The van der Waals surface area contributed by atoms with Crippen LogP contribution in [0.25, 0.3) is 0 Å². The Morgan fingerprint density at radius 3 is 2.48 bits per heavy atom. The van der Waals surface area contributed by atoms with Crippen LogP contribution in [0.2, 0.25) is 0 Å². The van der Waals surface area contributed by atoms with Gasteiger partial charge in [-0.3, -0.25) is 24.1 Å². The molecule has 0 radical (unpaired) electrons. The van der Waals surface area contributed by atoms with Crippen molar-refractivity contribution in [3.05, 3.63) is 18.2 Å². The van der Waals surface area contributed by atoms with Crippen molar-refractivity contribution >= 4 is 35.0 Å². The van der Waals surface area contributed by atoms with E-state index < -0.39 is 0 Å². The Balaban J connectivity index is 1.66. The van der Waals surface area contributed by atoms with E-state index >= 15 is 0 Å². The van der Waals surface area contributed by atoms with Crippen molar-refractivity contribution in [2.24, 2.45) is 0 Å². The van der Waals surface area contributed by atoms with E-state index in [1.165, 1.54) is 7.11 Å². The van der Waals surface area contributed by atoms with Crippen molar-refractivity contribution in [2.45, 2.75) is 38.5 Å². The van der Waals surface area contributed by atoms with Crippen molar-refractivity contribution in [2.75, 3.05) is 30.4 Å². The Hall–Kier alpha value is -2.90. The van der Waals surface area contributed by atoms with Crippen LogP contribution >= 0.6 is 0 Å². The molecule has 2 heterocycles. The van der Waals surface area contributed by atoms with Crippen LogP contribution < -0.4 is 15.0 Å². The van der Waals surface area contributed by atoms with Crippen LogP contribution in [0, 0.1) is 0 Å². The van der Waals surface area contributed by atoms with Gasteiger partial charge in [0.25, 0.3) is 0 Å². The SMILES string of the molecule is COc1ccc(NC(=O)CCN2C(=O)CCC2=O)cc1N1CCCCC1=O. The minimum Gasteiger partial charge on any atom is -0.495 e. The van der Waals surface area contributed by atoms with Crippen LogP contribution in [0.1, 0.15) is 38.5 Å². The lowest BCUT2D eigenvalue weighted by atomic mass is 10.1. The first-order valence-electron chi connectivity index (χ1n) is 9.11. The average Bonchev–Trinajstić information content (AvgIpc) is 2.98. The zero-order valence-electron chi connectivity index (χ0n) is 15.3. The highest BCUT2D eigenvalue weighted by molar-refractivity contribution is 6.02. The van der Waals surface area contributed by atoms with E-state index in [1.807, 2.05) is 0 Å². The highest BCUT2D eigenvalue weighted by Gasteiger charge is 2.29. The first-order valence-corrected chi connectivity index (χ1v) is 9.11. The third kappa shape index (κ3) is 4.27. The third-order valence-electron chi connectivity index (χ3n) is 4.79. The van der Waals surface area contributed by atoms with Gasteiger partial charge in [-0.05, 0) is 31.0 Å². The average molecular weight is 373 g/mol. The van der Waals surface area contributed by atoms with Crippen molar-refractivity contribution in [3.63, 3.8) is 0 Å². The van der Waals surface area contributed by atoms with Gasteiger partial charge in [0.1, 0.15) is 5.75 Å². The van der Waals surface area contributed by atoms with Crippen LogP contribution in [-0.2, 0) is 19.2 Å². The number of carbonyl (C=O) groups is 4. The van der Waals surface area contributed by atoms with Crippen LogP contribution in [0.5, 0.6) is 5.75 Å². The summed E-state index contributed by atoms with van der Waals surface area (Å²) in [5.74, 6) is -0.166. The molecule has 8 heteroatoms. The first-order chi connectivity index (χ1) is 13.0. The van der Waals surface area contributed by atoms with Crippen LogP contribution in [0.3, 0.4) is 0 Å². The Morgan fingerprint density at radius 1 is 1.07 bits per heavy atom. The molecule has 2 saturated heterocycles. The number of hydrogen-bond donors (Lipinski definition) is 1. The number of rotatable bonds is 6. The maximum Gasteiger partial charge on any atom is 0.229 e. The van der Waals surface area contributed by atoms with Gasteiger partial charge < -0.3 is 15.0 Å². The fraction of sp³-hybridized carbons (Fsp3) is 0.474. The molecular formula is C19H23N3O5. The van der Waals surface area contributed by atoms with Crippen molar-refractivity contribution in [1.82, 2.24) is 4.90 Å². The number of piperidine rings is 1. The van der Waals surface area contributed by atoms with E-state index in [2.05, 4.69) is 5.32 Å². The molecule has 4 amide bonds. The number of imide groups is 1. The Labute approximate surface area is 157 Å². The van der Waals surface area contributed by atoms with Crippen LogP contribution in [0.4, 0.5) is 11.4 Å². The van der Waals surface area contributed by atoms with E-state index in [1.54, 1.807) is 23.1 Å². The second-order valence-corrected chi connectivity index (χ2v) is 6.63. The topological polar surface area (TPSA) is 96.0 Å². The zero-order chi connectivity index (χ0) is 19.4. The molecule has 8 nitrogen and oxygen atoms in total. The molecule has 0 aliphatic carbocycles. The number of likely N-dealkylation sites (tertiary alicyclic amines) is 1. The summed E-state index contributed by atoms with van der Waals surface area (Å²) in [5.41, 5.74) is 1.16. The monoisotopic (exact) mass is 373 g/mol. The summed E-state index contributed by atoms with van der Waals surface area (Å²) in [6.45, 7) is 0.697. The van der Waals surface area contributed by atoms with Gasteiger partial charge >= 0.3 is 0 Å². The van der Waals surface area contributed by atoms with E-state index in [0.717, 1.165) is 17.7 Å². The summed E-state index contributed by atoms with van der Waals surface area (Å²) >= 11 is 0. The maximum atomic E-state index is 12.2. The molecule has 0 atom stereocenters. The van der Waals surface area contributed by atoms with E-state index in [4.69, 9.17) is 4.74 Å². The van der Waals surface area contributed by atoms with Gasteiger partial charge in [-0.25, -0.2) is 0 Å². The fourth-order valence-electron chi connectivity index (χ4n) is 3.35. The minimum atomic E-state index is -0.302. The van der Waals surface area contributed by atoms with Crippen LogP contribution in [-0.4, -0.2) is 48.7 Å². The number of ether oxygens (including phenoxy) is 1. The Morgan fingerprint density at radius 2 is 1.81 bits per heavy atom. The molecule has 2 aliphatic rings. The Bertz CT molecular complexity index is 761. The number of hydrogen-bond acceptors (Lipinski definition) is 5. The lowest BCUT2D eigenvalue weighted by Gasteiger charge is -2.28. The molecule has 27 heavy (non-hydrogen) atoms. The summed E-state index contributed by atoms with van der Waals surface area (Å²) in [5, 5.41) is 2.76. The standard InChI is InChI=1S/C19H23N3O5/c1-27-15-6-5-13(12-14(15)21-10-3-2-4-17(21)24)20-16(23)9-11-22-18(25)7-8-19(22)26/h5-6,12H,2-4,7-11H2,1H3,(H,20,23). The predicted molar refractivity (Wildman–Crippen MR) is 98.4 cm³/mol. The summed E-state index contributed by atoms with van der Waals surface area (Å²) < 4.78 is 5.36. The molecule has 144 valence electrons. The highest BCUT2D eigenvalue weighted by atomic mass is 16.5. The number of nitrogens with zero attached hydrogens (tertiary/aromatic N) is 2. The number of carbonyl (C=O) groups excluding carboxylic acids is 4. The summed E-state index contributed by atoms with van der Waals surface area (Å²) in [4.78, 5) is 50.4. The summed E-state index contributed by atoms with van der Waals surface area (Å²) in [6, 6.07) is 5.12. The van der Waals surface area contributed by atoms with Gasteiger partial charge in [0.2, 0.25) is 23.6 Å². The van der Waals surface area contributed by atoms with Gasteiger partial charge in [-0.15, -0.1) is 0 Å². The molecular weight excluding hydrogens is 350 g/mol. The number of benzene rings is 1. The second kappa shape index (κ2) is 8.20. The number of nitrogens with one attached hydrogen (secondary N) is 1. The predicted octanol–water partition coefficient (Wildman–Crippen LogP) is 1.69. The minimum absolute atomic E-state index is 0.0293. The normalized spacial score (nSPS) is 17.4. The first kappa shape index (κ1) is 18.9. The van der Waals surface area contributed by atoms with E-state index in [9.17, 15) is 19.2 Å².